The summed E-state index contributed by atoms with van der Waals surface area (Å²) in [6.07, 6.45) is 1.35. The first-order valence-corrected chi connectivity index (χ1v) is 12.2. The van der Waals surface area contributed by atoms with E-state index in [0.717, 1.165) is 16.7 Å². The molecule has 0 aliphatic carbocycles. The van der Waals surface area contributed by atoms with Gasteiger partial charge in [0, 0.05) is 36.0 Å². The molecule has 3 aromatic rings. The van der Waals surface area contributed by atoms with Crippen molar-refractivity contribution in [3.63, 3.8) is 0 Å². The first-order chi connectivity index (χ1) is 17.7. The maximum Gasteiger partial charge on any atom is 0.255 e. The molecule has 3 N–H and O–H groups in total. The van der Waals surface area contributed by atoms with Crippen molar-refractivity contribution in [1.29, 1.82) is 0 Å². The van der Waals surface area contributed by atoms with Crippen LogP contribution in [0.25, 0.3) is 11.1 Å². The number of nitrogens with zero attached hydrogens (tertiary/aromatic N) is 2. The molecule has 2 atom stereocenters. The maximum atomic E-state index is 14.3. The number of nitrogens with one attached hydrogen (secondary N) is 1. The van der Waals surface area contributed by atoms with Crippen LogP contribution in [0.5, 0.6) is 5.88 Å². The number of amides is 1. The minimum Gasteiger partial charge on any atom is -0.475 e. The molecule has 2 unspecified atom stereocenters. The fourth-order valence-electron chi connectivity index (χ4n) is 4.27. The van der Waals surface area contributed by atoms with Gasteiger partial charge in [-0.25, -0.2) is 9.37 Å². The molecule has 9 heteroatoms. The highest BCUT2D eigenvalue weighted by Crippen LogP contribution is 2.34. The molecule has 1 aliphatic heterocycles. The van der Waals surface area contributed by atoms with Crippen LogP contribution in [0, 0.1) is 6.92 Å². The van der Waals surface area contributed by atoms with Crippen molar-refractivity contribution >= 4 is 11.6 Å². The van der Waals surface area contributed by atoms with Gasteiger partial charge in [0.25, 0.3) is 5.91 Å². The lowest BCUT2D eigenvalue weighted by molar-refractivity contribution is -0.0215. The number of hydrogen-bond donors (Lipinski definition) is 3. The van der Waals surface area contributed by atoms with Crippen molar-refractivity contribution < 1.29 is 28.9 Å². The van der Waals surface area contributed by atoms with Gasteiger partial charge in [0.1, 0.15) is 12.3 Å². The van der Waals surface area contributed by atoms with E-state index in [-0.39, 0.29) is 37.3 Å². The van der Waals surface area contributed by atoms with Gasteiger partial charge in [-0.05, 0) is 74.2 Å². The summed E-state index contributed by atoms with van der Waals surface area (Å²) >= 11 is 0. The molecular weight excluding hydrogens is 477 g/mol. The van der Waals surface area contributed by atoms with E-state index in [4.69, 9.17) is 9.47 Å². The van der Waals surface area contributed by atoms with Gasteiger partial charge in [0.2, 0.25) is 5.88 Å². The molecule has 1 fully saturated rings. The monoisotopic (exact) mass is 509 g/mol. The molecule has 0 saturated carbocycles. The van der Waals surface area contributed by atoms with Crippen LogP contribution >= 0.6 is 0 Å². The molecule has 4 rings (SSSR count). The summed E-state index contributed by atoms with van der Waals surface area (Å²) in [5.41, 5.74) is 2.66. The van der Waals surface area contributed by atoms with Crippen molar-refractivity contribution in [2.75, 3.05) is 31.7 Å². The van der Waals surface area contributed by atoms with Crippen LogP contribution in [-0.4, -0.2) is 58.6 Å². The van der Waals surface area contributed by atoms with Gasteiger partial charge in [-0.3, -0.25) is 9.78 Å². The lowest BCUT2D eigenvalue weighted by atomic mass is 9.91. The molecule has 1 amide bonds. The third kappa shape index (κ3) is 6.49. The van der Waals surface area contributed by atoms with Gasteiger partial charge < -0.3 is 25.0 Å². The standard InChI is InChI=1S/C28H32FN3O5/c1-17-4-5-20(31-27(35)18-6-8-30-25(13-18)28(2,3)29)15-22(17)19-12-23(21-7-10-36-16-24(21)34)32-26(14-19)37-11-9-33/h4-6,8,12-15,21,24,33-34H,7,9-11,16H2,1-3H3,(H,31,35). The Balaban J connectivity index is 1.66. The van der Waals surface area contributed by atoms with Crippen LogP contribution in [0.4, 0.5) is 10.1 Å². The second kappa shape index (κ2) is 11.3. The molecule has 1 aromatic carbocycles. The van der Waals surface area contributed by atoms with Gasteiger partial charge in [0.05, 0.1) is 30.7 Å². The number of anilines is 1. The van der Waals surface area contributed by atoms with Gasteiger partial charge in [-0.2, -0.15) is 0 Å². The van der Waals surface area contributed by atoms with E-state index >= 15 is 0 Å². The summed E-state index contributed by atoms with van der Waals surface area (Å²) < 4.78 is 25.3. The minimum atomic E-state index is -1.67. The van der Waals surface area contributed by atoms with Gasteiger partial charge in [-0.1, -0.05) is 6.07 Å². The Hall–Kier alpha value is -3.40. The number of ether oxygens (including phenoxy) is 2. The molecule has 0 bridgehead atoms. The quantitative estimate of drug-likeness (QED) is 0.418. The van der Waals surface area contributed by atoms with Gasteiger partial charge in [0.15, 0.2) is 0 Å². The summed E-state index contributed by atoms with van der Waals surface area (Å²) in [6.45, 7) is 5.44. The van der Waals surface area contributed by atoms with E-state index in [2.05, 4.69) is 15.3 Å². The van der Waals surface area contributed by atoms with Crippen LogP contribution in [0.2, 0.25) is 0 Å². The van der Waals surface area contributed by atoms with E-state index < -0.39 is 11.8 Å². The van der Waals surface area contributed by atoms with Crippen molar-refractivity contribution in [3.05, 3.63) is 71.2 Å². The molecule has 1 aliphatic rings. The third-order valence-electron chi connectivity index (χ3n) is 6.31. The molecule has 8 nitrogen and oxygen atoms in total. The minimum absolute atomic E-state index is 0.0882. The zero-order chi connectivity index (χ0) is 26.6. The van der Waals surface area contributed by atoms with Crippen molar-refractivity contribution in [2.24, 2.45) is 0 Å². The largest absolute Gasteiger partial charge is 0.475 e. The lowest BCUT2D eigenvalue weighted by Gasteiger charge is -2.28. The van der Waals surface area contributed by atoms with Crippen molar-refractivity contribution in [2.45, 2.75) is 44.9 Å². The van der Waals surface area contributed by atoms with E-state index in [0.29, 0.717) is 35.9 Å². The highest BCUT2D eigenvalue weighted by Gasteiger charge is 2.28. The Morgan fingerprint density at radius 2 is 2.05 bits per heavy atom. The SMILES string of the molecule is Cc1ccc(NC(=O)c2ccnc(C(C)(C)F)c2)cc1-c1cc(OCCO)nc(C2CCOCC2O)c1. The van der Waals surface area contributed by atoms with Crippen molar-refractivity contribution in [1.82, 2.24) is 9.97 Å². The number of aliphatic hydroxyl groups excluding tert-OH is 2. The van der Waals surface area contributed by atoms with Crippen LogP contribution in [0.15, 0.2) is 48.7 Å². The number of aromatic nitrogens is 2. The molecule has 1 saturated heterocycles. The van der Waals surface area contributed by atoms with E-state index in [9.17, 15) is 19.4 Å². The molecule has 3 heterocycles. The Labute approximate surface area is 215 Å². The van der Waals surface area contributed by atoms with Crippen LogP contribution in [-0.2, 0) is 10.4 Å². The Kier molecular flexibility index (Phi) is 8.16. The summed E-state index contributed by atoms with van der Waals surface area (Å²) in [5.74, 6) is -0.253. The molecule has 0 spiro atoms. The van der Waals surface area contributed by atoms with Gasteiger partial charge in [-0.15, -0.1) is 0 Å². The number of carbonyl (C=O) groups excluding carboxylic acids is 1. The van der Waals surface area contributed by atoms with Gasteiger partial charge >= 0.3 is 0 Å². The third-order valence-corrected chi connectivity index (χ3v) is 6.31. The summed E-state index contributed by atoms with van der Waals surface area (Å²) in [6, 6.07) is 12.2. The van der Waals surface area contributed by atoms with Crippen LogP contribution in [0.3, 0.4) is 0 Å². The predicted octanol–water partition coefficient (Wildman–Crippen LogP) is 4.14. The molecule has 37 heavy (non-hydrogen) atoms. The fraction of sp³-hybridized carbons (Fsp3) is 0.393. The topological polar surface area (TPSA) is 114 Å². The zero-order valence-corrected chi connectivity index (χ0v) is 21.2. The number of aryl methyl sites for hydroxylation is 1. The highest BCUT2D eigenvalue weighted by molar-refractivity contribution is 6.04. The number of pyridine rings is 2. The number of halogens is 1. The molecular formula is C28H32FN3O5. The number of rotatable bonds is 8. The summed E-state index contributed by atoms with van der Waals surface area (Å²) in [7, 11) is 0. The van der Waals surface area contributed by atoms with E-state index in [1.165, 1.54) is 26.1 Å². The second-order valence-electron chi connectivity index (χ2n) is 9.61. The second-order valence-corrected chi connectivity index (χ2v) is 9.61. The maximum absolute atomic E-state index is 14.3. The van der Waals surface area contributed by atoms with Crippen LogP contribution < -0.4 is 10.1 Å². The van der Waals surface area contributed by atoms with Crippen molar-refractivity contribution in [3.8, 4) is 17.0 Å². The average Bonchev–Trinajstić information content (AvgIpc) is 2.88. The first-order valence-electron chi connectivity index (χ1n) is 12.2. The first kappa shape index (κ1) is 26.7. The predicted molar refractivity (Wildman–Crippen MR) is 137 cm³/mol. The Bertz CT molecular complexity index is 1260. The van der Waals surface area contributed by atoms with E-state index in [1.807, 2.05) is 25.1 Å². The molecule has 0 radical (unpaired) electrons. The van der Waals surface area contributed by atoms with E-state index in [1.54, 1.807) is 18.2 Å². The number of alkyl halides is 1. The smallest absolute Gasteiger partial charge is 0.255 e. The fourth-order valence-corrected chi connectivity index (χ4v) is 4.27. The average molecular weight is 510 g/mol. The number of hydrogen-bond acceptors (Lipinski definition) is 7. The number of carbonyl (C=O) groups is 1. The molecule has 196 valence electrons. The Morgan fingerprint density at radius 1 is 1.24 bits per heavy atom. The normalized spacial score (nSPS) is 17.9. The lowest BCUT2D eigenvalue weighted by Crippen LogP contribution is -2.31. The summed E-state index contributed by atoms with van der Waals surface area (Å²) in [5, 5.41) is 22.6. The highest BCUT2D eigenvalue weighted by atomic mass is 19.1. The Morgan fingerprint density at radius 3 is 2.78 bits per heavy atom. The molecule has 2 aromatic heterocycles. The van der Waals surface area contributed by atoms with Crippen LogP contribution in [0.1, 0.15) is 53.5 Å². The zero-order valence-electron chi connectivity index (χ0n) is 21.2. The number of benzene rings is 1. The summed E-state index contributed by atoms with van der Waals surface area (Å²) in [4.78, 5) is 21.6. The number of aliphatic hydroxyl groups is 2.